The molecule has 4 heteroatoms. The lowest BCUT2D eigenvalue weighted by Crippen LogP contribution is -2.33. The van der Waals surface area contributed by atoms with Gasteiger partial charge in [-0.2, -0.15) is 0 Å². The van der Waals surface area contributed by atoms with E-state index in [0.717, 1.165) is 22.4 Å². The summed E-state index contributed by atoms with van der Waals surface area (Å²) < 4.78 is 0. The molecule has 0 radical (unpaired) electrons. The van der Waals surface area contributed by atoms with Crippen molar-refractivity contribution in [1.82, 2.24) is 5.32 Å². The Morgan fingerprint density at radius 1 is 0.909 bits per heavy atom. The molecule has 0 atom stereocenters. The van der Waals surface area contributed by atoms with Crippen molar-refractivity contribution in [2.45, 2.75) is 20.3 Å². The molecule has 0 fully saturated rings. The molecule has 0 aliphatic heterocycles. The SMILES string of the molecule is Cc1cc(C)cc(NC(=O)CNC(=O)Cc2ccccc2)c1. The molecule has 0 saturated carbocycles. The van der Waals surface area contributed by atoms with Crippen LogP contribution >= 0.6 is 0 Å². The number of benzene rings is 2. The van der Waals surface area contributed by atoms with Crippen molar-refractivity contribution < 1.29 is 9.59 Å². The average Bonchev–Trinajstić information content (AvgIpc) is 2.45. The van der Waals surface area contributed by atoms with Crippen LogP contribution in [0.1, 0.15) is 16.7 Å². The summed E-state index contributed by atoms with van der Waals surface area (Å²) in [7, 11) is 0. The van der Waals surface area contributed by atoms with Crippen LogP contribution in [0.5, 0.6) is 0 Å². The number of hydrogen-bond donors (Lipinski definition) is 2. The Kier molecular flexibility index (Phi) is 5.31. The van der Waals surface area contributed by atoms with Crippen molar-refractivity contribution in [1.29, 1.82) is 0 Å². The lowest BCUT2D eigenvalue weighted by atomic mass is 10.1. The van der Waals surface area contributed by atoms with Gasteiger partial charge in [-0.3, -0.25) is 9.59 Å². The van der Waals surface area contributed by atoms with Crippen LogP contribution in [0.3, 0.4) is 0 Å². The molecule has 0 saturated heterocycles. The Labute approximate surface area is 130 Å². The molecule has 2 aromatic carbocycles. The summed E-state index contributed by atoms with van der Waals surface area (Å²) >= 11 is 0. The minimum absolute atomic E-state index is 0.0291. The number of aryl methyl sites for hydroxylation is 2. The molecule has 0 aliphatic rings. The Morgan fingerprint density at radius 2 is 1.55 bits per heavy atom. The van der Waals surface area contributed by atoms with E-state index in [1.807, 2.05) is 62.4 Å². The number of hydrogen-bond acceptors (Lipinski definition) is 2. The molecule has 2 amide bonds. The second-order valence-electron chi connectivity index (χ2n) is 5.36. The summed E-state index contributed by atoms with van der Waals surface area (Å²) in [5.41, 5.74) is 3.85. The fourth-order valence-electron chi connectivity index (χ4n) is 2.27. The summed E-state index contributed by atoms with van der Waals surface area (Å²) in [5, 5.41) is 5.42. The van der Waals surface area contributed by atoms with Crippen LogP contribution in [0.25, 0.3) is 0 Å². The molecule has 2 rings (SSSR count). The van der Waals surface area contributed by atoms with E-state index in [1.54, 1.807) is 0 Å². The molecule has 0 heterocycles. The lowest BCUT2D eigenvalue weighted by Gasteiger charge is -2.09. The van der Waals surface area contributed by atoms with Crippen LogP contribution in [0, 0.1) is 13.8 Å². The zero-order chi connectivity index (χ0) is 15.9. The van der Waals surface area contributed by atoms with Gasteiger partial charge in [0.15, 0.2) is 0 Å². The van der Waals surface area contributed by atoms with Gasteiger partial charge in [0.05, 0.1) is 13.0 Å². The van der Waals surface area contributed by atoms with E-state index in [4.69, 9.17) is 0 Å². The molecule has 2 N–H and O–H groups in total. The summed E-state index contributed by atoms with van der Waals surface area (Å²) in [5.74, 6) is -0.395. The van der Waals surface area contributed by atoms with E-state index >= 15 is 0 Å². The van der Waals surface area contributed by atoms with E-state index in [-0.39, 0.29) is 24.8 Å². The van der Waals surface area contributed by atoms with Gasteiger partial charge in [-0.15, -0.1) is 0 Å². The van der Waals surface area contributed by atoms with Crippen LogP contribution in [-0.2, 0) is 16.0 Å². The molecule has 2 aromatic rings. The molecule has 4 nitrogen and oxygen atoms in total. The summed E-state index contributed by atoms with van der Waals surface area (Å²) in [6.07, 6.45) is 0.275. The fourth-order valence-corrected chi connectivity index (χ4v) is 2.27. The largest absolute Gasteiger partial charge is 0.347 e. The van der Waals surface area contributed by atoms with Gasteiger partial charge in [-0.05, 0) is 42.7 Å². The molecule has 0 bridgehead atoms. The van der Waals surface area contributed by atoms with E-state index in [0.29, 0.717) is 0 Å². The second kappa shape index (κ2) is 7.41. The van der Waals surface area contributed by atoms with Crippen molar-refractivity contribution in [3.05, 3.63) is 65.2 Å². The topological polar surface area (TPSA) is 58.2 Å². The highest BCUT2D eigenvalue weighted by molar-refractivity contribution is 5.94. The highest BCUT2D eigenvalue weighted by atomic mass is 16.2. The zero-order valence-corrected chi connectivity index (χ0v) is 12.8. The number of amides is 2. The van der Waals surface area contributed by atoms with Crippen molar-refractivity contribution in [3.8, 4) is 0 Å². The second-order valence-corrected chi connectivity index (χ2v) is 5.36. The van der Waals surface area contributed by atoms with Crippen molar-refractivity contribution in [3.63, 3.8) is 0 Å². The van der Waals surface area contributed by atoms with Gasteiger partial charge in [0.1, 0.15) is 0 Å². The Bertz CT molecular complexity index is 646. The van der Waals surface area contributed by atoms with E-state index in [1.165, 1.54) is 0 Å². The Balaban J connectivity index is 1.81. The fraction of sp³-hybridized carbons (Fsp3) is 0.222. The first-order valence-electron chi connectivity index (χ1n) is 7.22. The number of rotatable bonds is 5. The predicted octanol–water partition coefficient (Wildman–Crippen LogP) is 2.60. The molecular formula is C18H20N2O2. The van der Waals surface area contributed by atoms with E-state index in [9.17, 15) is 9.59 Å². The highest BCUT2D eigenvalue weighted by Gasteiger charge is 2.07. The first kappa shape index (κ1) is 15.8. The number of carbonyl (C=O) groups excluding carboxylic acids is 2. The first-order valence-corrected chi connectivity index (χ1v) is 7.22. The number of carbonyl (C=O) groups is 2. The van der Waals surface area contributed by atoms with Crippen LogP contribution in [0.2, 0.25) is 0 Å². The van der Waals surface area contributed by atoms with Gasteiger partial charge in [0.2, 0.25) is 11.8 Å². The third kappa shape index (κ3) is 5.05. The zero-order valence-electron chi connectivity index (χ0n) is 12.8. The molecule has 0 aromatic heterocycles. The smallest absolute Gasteiger partial charge is 0.243 e. The van der Waals surface area contributed by atoms with E-state index in [2.05, 4.69) is 10.6 Å². The molecule has 0 unspecified atom stereocenters. The molecular weight excluding hydrogens is 276 g/mol. The monoisotopic (exact) mass is 296 g/mol. The highest BCUT2D eigenvalue weighted by Crippen LogP contribution is 2.13. The van der Waals surface area contributed by atoms with Gasteiger partial charge in [-0.25, -0.2) is 0 Å². The third-order valence-corrected chi connectivity index (χ3v) is 3.16. The molecule has 114 valence electrons. The van der Waals surface area contributed by atoms with Crippen LogP contribution in [-0.4, -0.2) is 18.4 Å². The maximum Gasteiger partial charge on any atom is 0.243 e. The maximum absolute atomic E-state index is 11.9. The Morgan fingerprint density at radius 3 is 2.18 bits per heavy atom. The normalized spacial score (nSPS) is 10.1. The van der Waals surface area contributed by atoms with Crippen molar-refractivity contribution in [2.75, 3.05) is 11.9 Å². The average molecular weight is 296 g/mol. The minimum Gasteiger partial charge on any atom is -0.347 e. The first-order chi connectivity index (χ1) is 10.5. The molecule has 0 spiro atoms. The quantitative estimate of drug-likeness (QED) is 0.891. The van der Waals surface area contributed by atoms with Crippen molar-refractivity contribution in [2.24, 2.45) is 0 Å². The Hall–Kier alpha value is -2.62. The maximum atomic E-state index is 11.9. The summed E-state index contributed by atoms with van der Waals surface area (Å²) in [6, 6.07) is 15.3. The summed E-state index contributed by atoms with van der Waals surface area (Å²) in [4.78, 5) is 23.7. The van der Waals surface area contributed by atoms with Gasteiger partial charge < -0.3 is 10.6 Å². The molecule has 22 heavy (non-hydrogen) atoms. The van der Waals surface area contributed by atoms with Crippen LogP contribution in [0.15, 0.2) is 48.5 Å². The van der Waals surface area contributed by atoms with Gasteiger partial charge in [0, 0.05) is 5.69 Å². The predicted molar refractivity (Wildman–Crippen MR) is 87.7 cm³/mol. The minimum atomic E-state index is -0.230. The lowest BCUT2D eigenvalue weighted by molar-refractivity contribution is -0.123. The third-order valence-electron chi connectivity index (χ3n) is 3.16. The molecule has 0 aliphatic carbocycles. The number of nitrogens with one attached hydrogen (secondary N) is 2. The summed E-state index contributed by atoms with van der Waals surface area (Å²) in [6.45, 7) is 3.92. The standard InChI is InChI=1S/C18H20N2O2/c1-13-8-14(2)10-16(9-13)20-18(22)12-19-17(21)11-15-6-4-3-5-7-15/h3-10H,11-12H2,1-2H3,(H,19,21)(H,20,22). The van der Waals surface area contributed by atoms with Gasteiger partial charge >= 0.3 is 0 Å². The van der Waals surface area contributed by atoms with Crippen LogP contribution in [0.4, 0.5) is 5.69 Å². The van der Waals surface area contributed by atoms with Gasteiger partial charge in [0.25, 0.3) is 0 Å². The van der Waals surface area contributed by atoms with Crippen molar-refractivity contribution >= 4 is 17.5 Å². The van der Waals surface area contributed by atoms with Crippen LogP contribution < -0.4 is 10.6 Å². The van der Waals surface area contributed by atoms with Gasteiger partial charge in [-0.1, -0.05) is 36.4 Å². The van der Waals surface area contributed by atoms with E-state index < -0.39 is 0 Å². The number of anilines is 1.